The van der Waals surface area contributed by atoms with Crippen LogP contribution in [0.4, 0.5) is 0 Å². The first-order chi connectivity index (χ1) is 13.5. The van der Waals surface area contributed by atoms with E-state index in [0.717, 1.165) is 22.8 Å². The van der Waals surface area contributed by atoms with Crippen LogP contribution in [-0.2, 0) is 11.2 Å². The molecule has 0 heterocycles. The van der Waals surface area contributed by atoms with Crippen molar-refractivity contribution in [2.24, 2.45) is 11.0 Å². The van der Waals surface area contributed by atoms with Gasteiger partial charge in [-0.15, -0.1) is 0 Å². The minimum atomic E-state index is -0.314. The van der Waals surface area contributed by atoms with Crippen molar-refractivity contribution in [1.29, 1.82) is 0 Å². The van der Waals surface area contributed by atoms with Crippen LogP contribution in [0.2, 0.25) is 0 Å². The standard InChI is InChI=1S/C24H26N2O2/c1-16(2)14-18-8-10-19(11-9-18)17(3)24(28)26-25-15-22-21-7-5-4-6-20(21)12-13-23(22)27/h4-13,15-17,27H,14H2,1-3H3,(H,26,28)/b25-15-. The summed E-state index contributed by atoms with van der Waals surface area (Å²) in [5, 5.41) is 16.1. The molecule has 1 atom stereocenters. The lowest BCUT2D eigenvalue weighted by atomic mass is 9.96. The molecule has 1 unspecified atom stereocenters. The van der Waals surface area contributed by atoms with Crippen molar-refractivity contribution in [3.8, 4) is 5.75 Å². The average Bonchev–Trinajstić information content (AvgIpc) is 2.69. The van der Waals surface area contributed by atoms with E-state index in [0.29, 0.717) is 11.5 Å². The van der Waals surface area contributed by atoms with Crippen LogP contribution in [0, 0.1) is 5.92 Å². The van der Waals surface area contributed by atoms with Gasteiger partial charge in [-0.1, -0.05) is 68.4 Å². The number of amides is 1. The van der Waals surface area contributed by atoms with Gasteiger partial charge in [0, 0.05) is 5.56 Å². The van der Waals surface area contributed by atoms with Crippen molar-refractivity contribution in [2.75, 3.05) is 0 Å². The maximum absolute atomic E-state index is 12.5. The number of carbonyl (C=O) groups excluding carboxylic acids is 1. The summed E-state index contributed by atoms with van der Waals surface area (Å²) in [7, 11) is 0. The van der Waals surface area contributed by atoms with Crippen LogP contribution < -0.4 is 5.43 Å². The highest BCUT2D eigenvalue weighted by atomic mass is 16.3. The number of hydrogen-bond donors (Lipinski definition) is 2. The Morgan fingerprint density at radius 1 is 1.04 bits per heavy atom. The second-order valence-electron chi connectivity index (χ2n) is 7.51. The van der Waals surface area contributed by atoms with E-state index in [1.807, 2.05) is 49.4 Å². The van der Waals surface area contributed by atoms with Crippen LogP contribution in [0.25, 0.3) is 10.8 Å². The first-order valence-corrected chi connectivity index (χ1v) is 9.58. The van der Waals surface area contributed by atoms with Crippen molar-refractivity contribution < 1.29 is 9.90 Å². The number of hydrazone groups is 1. The largest absolute Gasteiger partial charge is 0.507 e. The molecule has 4 nitrogen and oxygen atoms in total. The quantitative estimate of drug-likeness (QED) is 0.471. The summed E-state index contributed by atoms with van der Waals surface area (Å²) in [6, 6.07) is 19.4. The van der Waals surface area contributed by atoms with Gasteiger partial charge in [0.1, 0.15) is 5.75 Å². The van der Waals surface area contributed by atoms with Gasteiger partial charge in [-0.3, -0.25) is 4.79 Å². The Morgan fingerprint density at radius 2 is 1.75 bits per heavy atom. The molecule has 0 saturated carbocycles. The molecule has 3 aromatic carbocycles. The molecule has 3 aromatic rings. The fourth-order valence-corrected chi connectivity index (χ4v) is 3.24. The van der Waals surface area contributed by atoms with Crippen molar-refractivity contribution in [3.63, 3.8) is 0 Å². The summed E-state index contributed by atoms with van der Waals surface area (Å²) >= 11 is 0. The van der Waals surface area contributed by atoms with E-state index in [1.54, 1.807) is 6.07 Å². The van der Waals surface area contributed by atoms with Gasteiger partial charge in [-0.05, 0) is 47.2 Å². The molecule has 0 aliphatic carbocycles. The number of fused-ring (bicyclic) bond motifs is 1. The minimum Gasteiger partial charge on any atom is -0.507 e. The van der Waals surface area contributed by atoms with Crippen molar-refractivity contribution in [3.05, 3.63) is 77.4 Å². The van der Waals surface area contributed by atoms with E-state index in [2.05, 4.69) is 36.5 Å². The van der Waals surface area contributed by atoms with Gasteiger partial charge in [0.25, 0.3) is 0 Å². The molecule has 0 bridgehead atoms. The van der Waals surface area contributed by atoms with E-state index in [-0.39, 0.29) is 17.6 Å². The number of hydrogen-bond acceptors (Lipinski definition) is 3. The molecule has 3 rings (SSSR count). The van der Waals surface area contributed by atoms with Crippen LogP contribution in [0.3, 0.4) is 0 Å². The zero-order valence-electron chi connectivity index (χ0n) is 16.5. The van der Waals surface area contributed by atoms with E-state index >= 15 is 0 Å². The predicted molar refractivity (Wildman–Crippen MR) is 115 cm³/mol. The molecule has 2 N–H and O–H groups in total. The second-order valence-corrected chi connectivity index (χ2v) is 7.51. The van der Waals surface area contributed by atoms with Crippen molar-refractivity contribution in [1.82, 2.24) is 5.43 Å². The molecular weight excluding hydrogens is 348 g/mol. The fourth-order valence-electron chi connectivity index (χ4n) is 3.24. The highest BCUT2D eigenvalue weighted by Crippen LogP contribution is 2.25. The molecule has 0 aromatic heterocycles. The molecule has 1 amide bonds. The van der Waals surface area contributed by atoms with Gasteiger partial charge in [-0.2, -0.15) is 5.10 Å². The monoisotopic (exact) mass is 374 g/mol. The van der Waals surface area contributed by atoms with E-state index in [1.165, 1.54) is 11.8 Å². The highest BCUT2D eigenvalue weighted by Gasteiger charge is 2.14. The molecule has 28 heavy (non-hydrogen) atoms. The Hall–Kier alpha value is -3.14. The van der Waals surface area contributed by atoms with Gasteiger partial charge in [0.2, 0.25) is 5.91 Å². The van der Waals surface area contributed by atoms with Crippen LogP contribution in [0.1, 0.15) is 43.4 Å². The third kappa shape index (κ3) is 4.58. The van der Waals surface area contributed by atoms with E-state index in [4.69, 9.17) is 0 Å². The van der Waals surface area contributed by atoms with Gasteiger partial charge in [0.05, 0.1) is 12.1 Å². The molecule has 0 spiro atoms. The lowest BCUT2D eigenvalue weighted by Crippen LogP contribution is -2.23. The lowest BCUT2D eigenvalue weighted by molar-refractivity contribution is -0.122. The van der Waals surface area contributed by atoms with Crippen LogP contribution >= 0.6 is 0 Å². The Morgan fingerprint density at radius 3 is 2.46 bits per heavy atom. The summed E-state index contributed by atoms with van der Waals surface area (Å²) in [5.74, 6) is 0.232. The molecule has 0 saturated heterocycles. The summed E-state index contributed by atoms with van der Waals surface area (Å²) in [6.07, 6.45) is 2.52. The number of benzene rings is 3. The first kappa shape index (κ1) is 19.6. The number of phenols is 1. The second kappa shape index (κ2) is 8.70. The van der Waals surface area contributed by atoms with Gasteiger partial charge < -0.3 is 5.11 Å². The molecule has 144 valence electrons. The first-order valence-electron chi connectivity index (χ1n) is 9.58. The number of phenolic OH excluding ortho intramolecular Hbond substituents is 1. The van der Waals surface area contributed by atoms with Gasteiger partial charge in [-0.25, -0.2) is 5.43 Å². The summed E-state index contributed by atoms with van der Waals surface area (Å²) < 4.78 is 0. The molecule has 0 fully saturated rings. The maximum Gasteiger partial charge on any atom is 0.247 e. The van der Waals surface area contributed by atoms with Gasteiger partial charge >= 0.3 is 0 Å². The Labute approximate surface area is 165 Å². The summed E-state index contributed by atoms with van der Waals surface area (Å²) in [4.78, 5) is 12.5. The Bertz CT molecular complexity index is 991. The van der Waals surface area contributed by atoms with E-state index < -0.39 is 0 Å². The van der Waals surface area contributed by atoms with Crippen molar-refractivity contribution in [2.45, 2.75) is 33.1 Å². The Kier molecular flexibility index (Phi) is 6.09. The Balaban J connectivity index is 1.69. The third-order valence-corrected chi connectivity index (χ3v) is 4.83. The van der Waals surface area contributed by atoms with Crippen molar-refractivity contribution >= 4 is 22.9 Å². The smallest absolute Gasteiger partial charge is 0.247 e. The number of aromatic hydroxyl groups is 1. The van der Waals surface area contributed by atoms with E-state index in [9.17, 15) is 9.90 Å². The lowest BCUT2D eigenvalue weighted by Gasteiger charge is -2.12. The number of nitrogens with one attached hydrogen (secondary N) is 1. The predicted octanol–water partition coefficient (Wildman–Crippen LogP) is 5.00. The van der Waals surface area contributed by atoms with Gasteiger partial charge in [0.15, 0.2) is 0 Å². The SMILES string of the molecule is CC(C)Cc1ccc(C(C)C(=O)N/N=C\c2c(O)ccc3ccccc23)cc1. The normalized spacial score (nSPS) is 12.6. The number of rotatable bonds is 6. The fraction of sp³-hybridized carbons (Fsp3) is 0.250. The number of nitrogens with zero attached hydrogens (tertiary/aromatic N) is 1. The van der Waals surface area contributed by atoms with Crippen LogP contribution in [0.15, 0.2) is 65.8 Å². The zero-order valence-corrected chi connectivity index (χ0v) is 16.5. The molecule has 0 aliphatic heterocycles. The molecular formula is C24H26N2O2. The average molecular weight is 374 g/mol. The summed E-state index contributed by atoms with van der Waals surface area (Å²) in [5.41, 5.74) is 5.40. The molecule has 4 heteroatoms. The third-order valence-electron chi connectivity index (χ3n) is 4.83. The number of carbonyl (C=O) groups is 1. The van der Waals surface area contributed by atoms with Crippen LogP contribution in [0.5, 0.6) is 5.75 Å². The summed E-state index contributed by atoms with van der Waals surface area (Å²) in [6.45, 7) is 6.24. The minimum absolute atomic E-state index is 0.130. The molecule has 0 aliphatic rings. The van der Waals surface area contributed by atoms with Crippen LogP contribution in [-0.4, -0.2) is 17.2 Å². The molecule has 0 radical (unpaired) electrons. The zero-order chi connectivity index (χ0) is 20.1. The highest BCUT2D eigenvalue weighted by molar-refractivity contribution is 6.02. The maximum atomic E-state index is 12.5. The topological polar surface area (TPSA) is 61.7 Å².